The maximum atomic E-state index is 11.5. The standard InChI is InChI=1S/C16H24N2O2/c1-12-3-5-13(6-4-12)11-18-9-7-14(8-10-18)15(17)16(19)20-2/h3-6,14-15H,7-11,17H2,1-2H3. The Bertz CT molecular complexity index is 436. The Kier molecular flexibility index (Phi) is 5.15. The fourth-order valence-corrected chi connectivity index (χ4v) is 2.75. The first-order valence-corrected chi connectivity index (χ1v) is 7.21. The number of nitrogens with zero attached hydrogens (tertiary/aromatic N) is 1. The van der Waals surface area contributed by atoms with Crippen LogP contribution in [0.15, 0.2) is 24.3 Å². The van der Waals surface area contributed by atoms with Crippen LogP contribution in [0, 0.1) is 12.8 Å². The van der Waals surface area contributed by atoms with E-state index in [2.05, 4.69) is 36.1 Å². The first-order valence-electron chi connectivity index (χ1n) is 7.21. The molecule has 1 heterocycles. The van der Waals surface area contributed by atoms with Crippen LogP contribution in [0.1, 0.15) is 24.0 Å². The van der Waals surface area contributed by atoms with Gasteiger partial charge < -0.3 is 10.5 Å². The van der Waals surface area contributed by atoms with Crippen molar-refractivity contribution in [1.29, 1.82) is 0 Å². The summed E-state index contributed by atoms with van der Waals surface area (Å²) in [5.74, 6) is -0.0429. The van der Waals surface area contributed by atoms with Crippen LogP contribution >= 0.6 is 0 Å². The highest BCUT2D eigenvalue weighted by atomic mass is 16.5. The maximum absolute atomic E-state index is 11.5. The fraction of sp³-hybridized carbons (Fsp3) is 0.562. The van der Waals surface area contributed by atoms with Crippen LogP contribution in [0.5, 0.6) is 0 Å². The Hall–Kier alpha value is -1.39. The molecule has 0 aliphatic carbocycles. The quantitative estimate of drug-likeness (QED) is 0.851. The molecule has 0 radical (unpaired) electrons. The van der Waals surface area contributed by atoms with Gasteiger partial charge >= 0.3 is 5.97 Å². The summed E-state index contributed by atoms with van der Waals surface area (Å²) in [5.41, 5.74) is 8.55. The minimum atomic E-state index is -0.471. The number of hydrogen-bond donors (Lipinski definition) is 1. The maximum Gasteiger partial charge on any atom is 0.322 e. The molecule has 0 bridgehead atoms. The Balaban J connectivity index is 1.82. The molecule has 0 saturated carbocycles. The average molecular weight is 276 g/mol. The summed E-state index contributed by atoms with van der Waals surface area (Å²) in [4.78, 5) is 13.9. The highest BCUT2D eigenvalue weighted by Crippen LogP contribution is 2.21. The molecule has 4 nitrogen and oxygen atoms in total. The Morgan fingerprint density at radius 2 is 1.95 bits per heavy atom. The molecule has 1 aliphatic rings. The lowest BCUT2D eigenvalue weighted by Gasteiger charge is -2.33. The fourth-order valence-electron chi connectivity index (χ4n) is 2.75. The second-order valence-corrected chi connectivity index (χ2v) is 5.65. The number of esters is 1. The van der Waals surface area contributed by atoms with E-state index in [1.54, 1.807) is 0 Å². The number of carbonyl (C=O) groups excluding carboxylic acids is 1. The zero-order valence-corrected chi connectivity index (χ0v) is 12.3. The smallest absolute Gasteiger partial charge is 0.322 e. The van der Waals surface area contributed by atoms with E-state index in [-0.39, 0.29) is 11.9 Å². The van der Waals surface area contributed by atoms with Gasteiger partial charge in [-0.15, -0.1) is 0 Å². The van der Waals surface area contributed by atoms with Crippen molar-refractivity contribution in [1.82, 2.24) is 4.90 Å². The van der Waals surface area contributed by atoms with E-state index in [4.69, 9.17) is 10.5 Å². The predicted octanol–water partition coefficient (Wildman–Crippen LogP) is 1.71. The summed E-state index contributed by atoms with van der Waals surface area (Å²) in [6.07, 6.45) is 1.92. The average Bonchev–Trinajstić information content (AvgIpc) is 2.49. The SMILES string of the molecule is COC(=O)C(N)C1CCN(Cc2ccc(C)cc2)CC1. The second kappa shape index (κ2) is 6.86. The van der Waals surface area contributed by atoms with Gasteiger partial charge in [0.1, 0.15) is 6.04 Å². The number of piperidine rings is 1. The molecule has 2 N–H and O–H groups in total. The van der Waals surface area contributed by atoms with Gasteiger partial charge in [0.05, 0.1) is 7.11 Å². The third-order valence-electron chi connectivity index (χ3n) is 4.14. The van der Waals surface area contributed by atoms with Crippen molar-refractivity contribution in [3.8, 4) is 0 Å². The lowest BCUT2D eigenvalue weighted by atomic mass is 9.89. The molecule has 1 unspecified atom stereocenters. The first kappa shape index (κ1) is 15.0. The number of hydrogen-bond acceptors (Lipinski definition) is 4. The number of rotatable bonds is 4. The normalized spacial score (nSPS) is 18.8. The minimum absolute atomic E-state index is 0.247. The summed E-state index contributed by atoms with van der Waals surface area (Å²) >= 11 is 0. The molecule has 0 spiro atoms. The molecule has 0 amide bonds. The van der Waals surface area contributed by atoms with E-state index in [0.717, 1.165) is 32.5 Å². The van der Waals surface area contributed by atoms with Gasteiger partial charge in [-0.2, -0.15) is 0 Å². The third-order valence-corrected chi connectivity index (χ3v) is 4.14. The van der Waals surface area contributed by atoms with Crippen molar-refractivity contribution < 1.29 is 9.53 Å². The van der Waals surface area contributed by atoms with Gasteiger partial charge in [-0.25, -0.2) is 0 Å². The summed E-state index contributed by atoms with van der Waals surface area (Å²) in [5, 5.41) is 0. The van der Waals surface area contributed by atoms with Crippen LogP contribution in [0.25, 0.3) is 0 Å². The summed E-state index contributed by atoms with van der Waals surface area (Å²) in [6, 6.07) is 8.19. The lowest BCUT2D eigenvalue weighted by Crippen LogP contribution is -2.45. The van der Waals surface area contributed by atoms with Gasteiger partial charge in [-0.3, -0.25) is 9.69 Å². The van der Waals surface area contributed by atoms with Crippen LogP contribution in [-0.2, 0) is 16.1 Å². The second-order valence-electron chi connectivity index (χ2n) is 5.65. The molecule has 4 heteroatoms. The van der Waals surface area contributed by atoms with Crippen LogP contribution in [-0.4, -0.2) is 37.1 Å². The molecule has 1 saturated heterocycles. The van der Waals surface area contributed by atoms with Crippen molar-refractivity contribution in [2.75, 3.05) is 20.2 Å². The van der Waals surface area contributed by atoms with Gasteiger partial charge in [0.25, 0.3) is 0 Å². The molecule has 1 aromatic rings. The molecule has 0 aromatic heterocycles. The summed E-state index contributed by atoms with van der Waals surface area (Å²) in [7, 11) is 1.40. The number of methoxy groups -OCH3 is 1. The van der Waals surface area contributed by atoms with Gasteiger partial charge in [0, 0.05) is 6.54 Å². The van der Waals surface area contributed by atoms with E-state index in [0.29, 0.717) is 0 Å². The third kappa shape index (κ3) is 3.81. The number of carbonyl (C=O) groups is 1. The number of likely N-dealkylation sites (tertiary alicyclic amines) is 1. The van der Waals surface area contributed by atoms with Crippen molar-refractivity contribution >= 4 is 5.97 Å². The van der Waals surface area contributed by atoms with Crippen molar-refractivity contribution in [3.05, 3.63) is 35.4 Å². The van der Waals surface area contributed by atoms with Gasteiger partial charge in [0.15, 0.2) is 0 Å². The van der Waals surface area contributed by atoms with E-state index >= 15 is 0 Å². The molecular formula is C16H24N2O2. The highest BCUT2D eigenvalue weighted by Gasteiger charge is 2.29. The van der Waals surface area contributed by atoms with E-state index in [1.807, 2.05) is 0 Å². The molecule has 1 aliphatic heterocycles. The monoisotopic (exact) mass is 276 g/mol. The largest absolute Gasteiger partial charge is 0.468 e. The number of nitrogens with two attached hydrogens (primary N) is 1. The molecule has 20 heavy (non-hydrogen) atoms. The molecule has 2 rings (SSSR count). The highest BCUT2D eigenvalue weighted by molar-refractivity contribution is 5.75. The molecule has 1 fully saturated rings. The van der Waals surface area contributed by atoms with E-state index in [1.165, 1.54) is 18.2 Å². The Morgan fingerprint density at radius 1 is 1.35 bits per heavy atom. The molecule has 1 atom stereocenters. The molecular weight excluding hydrogens is 252 g/mol. The van der Waals surface area contributed by atoms with E-state index in [9.17, 15) is 4.79 Å². The first-order chi connectivity index (χ1) is 9.60. The minimum Gasteiger partial charge on any atom is -0.468 e. The van der Waals surface area contributed by atoms with Crippen LogP contribution in [0.2, 0.25) is 0 Å². The molecule has 1 aromatic carbocycles. The topological polar surface area (TPSA) is 55.6 Å². The van der Waals surface area contributed by atoms with Gasteiger partial charge in [0.2, 0.25) is 0 Å². The van der Waals surface area contributed by atoms with Gasteiger partial charge in [-0.05, 0) is 44.3 Å². The summed E-state index contributed by atoms with van der Waals surface area (Å²) in [6.45, 7) is 5.05. The van der Waals surface area contributed by atoms with Crippen LogP contribution < -0.4 is 5.73 Å². The zero-order chi connectivity index (χ0) is 14.5. The number of aryl methyl sites for hydroxylation is 1. The number of ether oxygens (including phenoxy) is 1. The van der Waals surface area contributed by atoms with E-state index < -0.39 is 6.04 Å². The number of benzene rings is 1. The van der Waals surface area contributed by atoms with Crippen molar-refractivity contribution in [2.45, 2.75) is 32.4 Å². The lowest BCUT2D eigenvalue weighted by molar-refractivity contribution is -0.144. The predicted molar refractivity (Wildman–Crippen MR) is 79.2 cm³/mol. The zero-order valence-electron chi connectivity index (χ0n) is 12.3. The van der Waals surface area contributed by atoms with Crippen LogP contribution in [0.3, 0.4) is 0 Å². The van der Waals surface area contributed by atoms with Crippen molar-refractivity contribution in [2.24, 2.45) is 11.7 Å². The molecule has 110 valence electrons. The van der Waals surface area contributed by atoms with Crippen LogP contribution in [0.4, 0.5) is 0 Å². The Morgan fingerprint density at radius 3 is 2.50 bits per heavy atom. The van der Waals surface area contributed by atoms with Gasteiger partial charge in [-0.1, -0.05) is 29.8 Å². The Labute approximate surface area is 120 Å². The van der Waals surface area contributed by atoms with Crippen molar-refractivity contribution in [3.63, 3.8) is 0 Å². The summed E-state index contributed by atoms with van der Waals surface area (Å²) < 4.78 is 4.72.